The van der Waals surface area contributed by atoms with E-state index >= 15 is 0 Å². The van der Waals surface area contributed by atoms with Gasteiger partial charge in [0.2, 0.25) is 0 Å². The topological polar surface area (TPSA) is 60.8 Å². The molecule has 0 amide bonds. The van der Waals surface area contributed by atoms with Crippen molar-refractivity contribution in [3.63, 3.8) is 0 Å². The average Bonchev–Trinajstić information content (AvgIpc) is 2.34. The molecular weight excluding hydrogens is 218 g/mol. The molecule has 0 aliphatic rings. The first-order chi connectivity index (χ1) is 8.17. The Morgan fingerprint density at radius 1 is 1.41 bits per heavy atom. The quantitative estimate of drug-likeness (QED) is 0.704. The van der Waals surface area contributed by atoms with Gasteiger partial charge in [-0.25, -0.2) is 0 Å². The summed E-state index contributed by atoms with van der Waals surface area (Å²) in [4.78, 5) is 12.1. The second kappa shape index (κ2) is 6.83. The van der Waals surface area contributed by atoms with E-state index in [0.29, 0.717) is 13.1 Å². The molecule has 0 fully saturated rings. The second-order valence-corrected chi connectivity index (χ2v) is 3.74. The molecule has 1 aromatic rings. The minimum atomic E-state index is -0.861. The highest BCUT2D eigenvalue weighted by Crippen LogP contribution is 2.12. The second-order valence-electron chi connectivity index (χ2n) is 3.74. The number of carboxylic acids is 1. The van der Waals surface area contributed by atoms with Crippen LogP contribution in [0.15, 0.2) is 30.8 Å². The van der Waals surface area contributed by atoms with Gasteiger partial charge in [-0.2, -0.15) is 0 Å². The van der Waals surface area contributed by atoms with E-state index in [1.165, 1.54) is 0 Å². The smallest absolute Gasteiger partial charge is 0.304 e. The van der Waals surface area contributed by atoms with Crippen LogP contribution in [0.3, 0.4) is 0 Å². The van der Waals surface area contributed by atoms with Gasteiger partial charge in [-0.05, 0) is 11.1 Å². The van der Waals surface area contributed by atoms with Gasteiger partial charge in [0, 0.05) is 13.1 Å². The number of aliphatic hydroxyl groups is 1. The average molecular weight is 235 g/mol. The van der Waals surface area contributed by atoms with E-state index in [1.807, 2.05) is 24.3 Å². The fourth-order valence-corrected chi connectivity index (χ4v) is 1.57. The molecule has 0 spiro atoms. The predicted molar refractivity (Wildman–Crippen MR) is 66.3 cm³/mol. The van der Waals surface area contributed by atoms with Crippen molar-refractivity contribution in [2.45, 2.75) is 13.0 Å². The molecule has 0 radical (unpaired) electrons. The van der Waals surface area contributed by atoms with Crippen LogP contribution in [-0.2, 0) is 11.3 Å². The Kier molecular flexibility index (Phi) is 5.39. The summed E-state index contributed by atoms with van der Waals surface area (Å²) in [5.41, 5.74) is 2.03. The number of aliphatic carboxylic acids is 1. The van der Waals surface area contributed by atoms with Crippen molar-refractivity contribution in [2.75, 3.05) is 13.3 Å². The Balaban J connectivity index is 2.66. The lowest BCUT2D eigenvalue weighted by Crippen LogP contribution is -2.27. The summed E-state index contributed by atoms with van der Waals surface area (Å²) in [7, 11) is 0. The minimum absolute atomic E-state index is 0.0246. The van der Waals surface area contributed by atoms with Gasteiger partial charge in [0.05, 0.1) is 13.2 Å². The molecule has 0 aromatic heterocycles. The van der Waals surface area contributed by atoms with E-state index in [-0.39, 0.29) is 13.2 Å². The van der Waals surface area contributed by atoms with Crippen LogP contribution >= 0.6 is 0 Å². The largest absolute Gasteiger partial charge is 0.481 e. The molecule has 0 aliphatic carbocycles. The van der Waals surface area contributed by atoms with Gasteiger partial charge in [0.25, 0.3) is 0 Å². The third-order valence-corrected chi connectivity index (χ3v) is 2.51. The number of aliphatic hydroxyl groups excluding tert-OH is 1. The van der Waals surface area contributed by atoms with Gasteiger partial charge in [-0.3, -0.25) is 9.69 Å². The molecule has 0 atom stereocenters. The van der Waals surface area contributed by atoms with E-state index in [9.17, 15) is 9.90 Å². The van der Waals surface area contributed by atoms with Crippen LogP contribution in [0.25, 0.3) is 6.08 Å². The monoisotopic (exact) mass is 235 g/mol. The van der Waals surface area contributed by atoms with E-state index in [2.05, 4.69) is 6.58 Å². The number of carboxylic acid groups (broad SMARTS) is 1. The number of benzene rings is 1. The van der Waals surface area contributed by atoms with Crippen LogP contribution in [0.4, 0.5) is 0 Å². The van der Waals surface area contributed by atoms with Crippen LogP contribution in [0.5, 0.6) is 0 Å². The van der Waals surface area contributed by atoms with Crippen molar-refractivity contribution < 1.29 is 15.0 Å². The molecule has 1 rings (SSSR count). The number of carbonyl (C=O) groups is 1. The fraction of sp³-hybridized carbons (Fsp3) is 0.308. The lowest BCUT2D eigenvalue weighted by Gasteiger charge is -2.19. The van der Waals surface area contributed by atoms with E-state index in [0.717, 1.165) is 11.1 Å². The summed E-state index contributed by atoms with van der Waals surface area (Å²) in [6.07, 6.45) is 1.78. The molecule has 92 valence electrons. The first-order valence-electron chi connectivity index (χ1n) is 5.42. The SMILES string of the molecule is C=Cc1ccccc1CN(CO)CCC(=O)O. The molecule has 4 nitrogen and oxygen atoms in total. The van der Waals surface area contributed by atoms with Gasteiger partial charge in [0.15, 0.2) is 0 Å². The summed E-state index contributed by atoms with van der Waals surface area (Å²) in [6, 6.07) is 7.71. The van der Waals surface area contributed by atoms with E-state index < -0.39 is 5.97 Å². The molecule has 17 heavy (non-hydrogen) atoms. The molecule has 2 N–H and O–H groups in total. The summed E-state index contributed by atoms with van der Waals surface area (Å²) in [5.74, 6) is -0.861. The number of nitrogens with zero attached hydrogens (tertiary/aromatic N) is 1. The van der Waals surface area contributed by atoms with Gasteiger partial charge in [-0.1, -0.05) is 36.9 Å². The third-order valence-electron chi connectivity index (χ3n) is 2.51. The maximum Gasteiger partial charge on any atom is 0.304 e. The van der Waals surface area contributed by atoms with Crippen molar-refractivity contribution in [3.05, 3.63) is 42.0 Å². The zero-order valence-electron chi connectivity index (χ0n) is 9.67. The molecule has 0 saturated carbocycles. The van der Waals surface area contributed by atoms with E-state index in [1.54, 1.807) is 11.0 Å². The van der Waals surface area contributed by atoms with Crippen LogP contribution in [0.1, 0.15) is 17.5 Å². The number of hydrogen-bond donors (Lipinski definition) is 2. The maximum absolute atomic E-state index is 10.5. The van der Waals surface area contributed by atoms with Crippen molar-refractivity contribution in [1.29, 1.82) is 0 Å². The Labute approximate surface area is 101 Å². The third kappa shape index (κ3) is 4.38. The van der Waals surface area contributed by atoms with Crippen LogP contribution in [0, 0.1) is 0 Å². The molecule has 0 saturated heterocycles. The first-order valence-corrected chi connectivity index (χ1v) is 5.42. The van der Waals surface area contributed by atoms with Crippen LogP contribution < -0.4 is 0 Å². The Morgan fingerprint density at radius 3 is 2.71 bits per heavy atom. The normalized spacial score (nSPS) is 10.5. The van der Waals surface area contributed by atoms with Gasteiger partial charge >= 0.3 is 5.97 Å². The van der Waals surface area contributed by atoms with E-state index in [4.69, 9.17) is 5.11 Å². The van der Waals surface area contributed by atoms with Crippen molar-refractivity contribution in [1.82, 2.24) is 4.90 Å². The summed E-state index contributed by atoms with van der Waals surface area (Å²) in [5, 5.41) is 17.8. The van der Waals surface area contributed by atoms with Crippen molar-refractivity contribution >= 4 is 12.0 Å². The fourth-order valence-electron chi connectivity index (χ4n) is 1.57. The lowest BCUT2D eigenvalue weighted by molar-refractivity contribution is -0.137. The minimum Gasteiger partial charge on any atom is -0.481 e. The van der Waals surface area contributed by atoms with Crippen molar-refractivity contribution in [3.8, 4) is 0 Å². The summed E-state index contributed by atoms with van der Waals surface area (Å²) >= 11 is 0. The number of hydrogen-bond acceptors (Lipinski definition) is 3. The first kappa shape index (κ1) is 13.4. The zero-order valence-corrected chi connectivity index (χ0v) is 9.67. The van der Waals surface area contributed by atoms with Gasteiger partial charge < -0.3 is 10.2 Å². The van der Waals surface area contributed by atoms with Gasteiger partial charge in [-0.15, -0.1) is 0 Å². The molecule has 0 bridgehead atoms. The molecule has 4 heteroatoms. The molecule has 0 heterocycles. The highest BCUT2D eigenvalue weighted by atomic mass is 16.4. The van der Waals surface area contributed by atoms with Crippen LogP contribution in [0.2, 0.25) is 0 Å². The standard InChI is InChI=1S/C13H17NO3/c1-2-11-5-3-4-6-12(11)9-14(10-15)8-7-13(16)17/h2-6,15H,1,7-10H2,(H,16,17). The highest BCUT2D eigenvalue weighted by Gasteiger charge is 2.08. The maximum atomic E-state index is 10.5. The summed E-state index contributed by atoms with van der Waals surface area (Å²) in [6.45, 7) is 4.42. The zero-order chi connectivity index (χ0) is 12.7. The Bertz CT molecular complexity index is 390. The number of rotatable bonds is 7. The molecule has 0 unspecified atom stereocenters. The van der Waals surface area contributed by atoms with Gasteiger partial charge in [0.1, 0.15) is 0 Å². The predicted octanol–water partition coefficient (Wildman–Crippen LogP) is 1.56. The van der Waals surface area contributed by atoms with Crippen LogP contribution in [-0.4, -0.2) is 34.4 Å². The lowest BCUT2D eigenvalue weighted by atomic mass is 10.1. The summed E-state index contributed by atoms with van der Waals surface area (Å²) < 4.78 is 0. The van der Waals surface area contributed by atoms with Crippen molar-refractivity contribution in [2.24, 2.45) is 0 Å². The highest BCUT2D eigenvalue weighted by molar-refractivity contribution is 5.66. The molecular formula is C13H17NO3. The Hall–Kier alpha value is -1.65. The Morgan fingerprint density at radius 2 is 2.12 bits per heavy atom. The molecule has 1 aromatic carbocycles. The molecule has 0 aliphatic heterocycles.